The summed E-state index contributed by atoms with van der Waals surface area (Å²) in [6.07, 6.45) is 0. The summed E-state index contributed by atoms with van der Waals surface area (Å²) in [4.78, 5) is 0. The van der Waals surface area contributed by atoms with Crippen LogP contribution in [-0.2, 0) is 0 Å². The second-order valence-electron chi connectivity index (χ2n) is 1.46. The predicted octanol–water partition coefficient (Wildman–Crippen LogP) is 1.93. The summed E-state index contributed by atoms with van der Waals surface area (Å²) < 4.78 is 0.523. The van der Waals surface area contributed by atoms with Crippen LogP contribution in [0.25, 0.3) is 0 Å². The summed E-state index contributed by atoms with van der Waals surface area (Å²) in [7, 11) is 0. The molecule has 0 aromatic carbocycles. The van der Waals surface area contributed by atoms with Crippen molar-refractivity contribution in [3.05, 3.63) is 12.0 Å². The molecule has 0 saturated carbocycles. The highest BCUT2D eigenvalue weighted by Gasteiger charge is 1.97. The topological polar surface area (TPSA) is 20.2 Å². The van der Waals surface area contributed by atoms with Gasteiger partial charge in [0.05, 0.1) is 11.2 Å². The lowest BCUT2D eigenvalue weighted by Crippen LogP contribution is -1.92. The maximum absolute atomic E-state index is 8.43. The van der Waals surface area contributed by atoms with E-state index < -0.39 is 0 Å². The third-order valence-electron chi connectivity index (χ3n) is 0.732. The van der Waals surface area contributed by atoms with Gasteiger partial charge < -0.3 is 5.11 Å². The van der Waals surface area contributed by atoms with E-state index in [-0.39, 0.29) is 6.61 Å². The molecule has 0 aliphatic heterocycles. The van der Waals surface area contributed by atoms with Crippen LogP contribution in [0.3, 0.4) is 0 Å². The van der Waals surface area contributed by atoms with Crippen molar-refractivity contribution in [3.8, 4) is 0 Å². The van der Waals surface area contributed by atoms with E-state index in [4.69, 9.17) is 5.11 Å². The van der Waals surface area contributed by atoms with E-state index in [0.29, 0.717) is 4.58 Å². The van der Waals surface area contributed by atoms with Gasteiger partial charge in [-0.2, -0.15) is 0 Å². The molecule has 1 N–H and O–H groups in total. The van der Waals surface area contributed by atoms with Gasteiger partial charge in [-0.25, -0.2) is 0 Å². The normalized spacial score (nSPS) is 13.1. The van der Waals surface area contributed by atoms with Crippen LogP contribution >= 0.6 is 23.5 Å². The molecule has 0 radical (unpaired) electrons. The molecule has 0 aromatic heterocycles. The molecule has 0 bridgehead atoms. The first-order valence-corrected chi connectivity index (χ1v) is 4.79. The van der Waals surface area contributed by atoms with Crippen molar-refractivity contribution in [1.29, 1.82) is 0 Å². The lowest BCUT2D eigenvalue weighted by atomic mass is 10.9. The molecule has 0 aromatic rings. The first kappa shape index (κ1) is 9.40. The van der Waals surface area contributed by atoms with Crippen LogP contribution in [0.1, 0.15) is 6.92 Å². The summed E-state index contributed by atoms with van der Waals surface area (Å²) in [6.45, 7) is 5.97. The Morgan fingerprint density at radius 1 is 1.78 bits per heavy atom. The summed E-state index contributed by atoms with van der Waals surface area (Å²) in [5.74, 6) is 0.821. The highest BCUT2D eigenvalue weighted by atomic mass is 32.2. The highest BCUT2D eigenvalue weighted by Crippen LogP contribution is 2.22. The predicted molar refractivity (Wildman–Crippen MR) is 46.8 cm³/mol. The fourth-order valence-corrected chi connectivity index (χ4v) is 1.94. The summed E-state index contributed by atoms with van der Waals surface area (Å²) in [5.41, 5.74) is 0. The highest BCUT2D eigenvalue weighted by molar-refractivity contribution is 8.18. The minimum Gasteiger partial charge on any atom is -0.396 e. The summed E-state index contributed by atoms with van der Waals surface area (Å²) in [6, 6.07) is 0. The third-order valence-corrected chi connectivity index (χ3v) is 2.94. The van der Waals surface area contributed by atoms with Gasteiger partial charge in [0.15, 0.2) is 0 Å². The van der Waals surface area contributed by atoms with Gasteiger partial charge in [-0.15, -0.1) is 23.5 Å². The zero-order valence-corrected chi connectivity index (χ0v) is 7.17. The van der Waals surface area contributed by atoms with Gasteiger partial charge in [0.1, 0.15) is 0 Å². The Morgan fingerprint density at radius 3 is 2.89 bits per heavy atom. The van der Waals surface area contributed by atoms with Crippen molar-refractivity contribution in [3.63, 3.8) is 0 Å². The number of aliphatic hydroxyl groups is 1. The Kier molecular flexibility index (Phi) is 6.81. The molecule has 1 nitrogen and oxygen atoms in total. The van der Waals surface area contributed by atoms with Crippen LogP contribution in [0.15, 0.2) is 12.0 Å². The Labute approximate surface area is 64.9 Å². The number of aliphatic hydroxyl groups excluding tert-OH is 1. The first-order valence-electron chi connectivity index (χ1n) is 2.80. The molecular formula is C6H12OS2. The van der Waals surface area contributed by atoms with E-state index in [1.54, 1.807) is 23.5 Å². The van der Waals surface area contributed by atoms with Crippen LogP contribution in [0, 0.1) is 0 Å². The van der Waals surface area contributed by atoms with Crippen molar-refractivity contribution < 1.29 is 5.11 Å². The summed E-state index contributed by atoms with van der Waals surface area (Å²) in [5, 5.41) is 10.3. The van der Waals surface area contributed by atoms with E-state index in [9.17, 15) is 0 Å². The average molecular weight is 164 g/mol. The smallest absolute Gasteiger partial charge is 0.0522 e. The lowest BCUT2D eigenvalue weighted by Gasteiger charge is -2.04. The molecule has 0 amide bonds. The van der Waals surface area contributed by atoms with E-state index in [0.717, 1.165) is 5.75 Å². The Balaban J connectivity index is 3.04. The fourth-order valence-electron chi connectivity index (χ4n) is 0.393. The molecule has 0 rings (SSSR count). The van der Waals surface area contributed by atoms with E-state index in [2.05, 4.69) is 13.5 Å². The molecule has 0 fully saturated rings. The molecule has 0 aliphatic carbocycles. The number of hydrogen-bond donors (Lipinski definition) is 1. The molecule has 1 unspecified atom stereocenters. The quantitative estimate of drug-likeness (QED) is 0.627. The van der Waals surface area contributed by atoms with E-state index in [1.165, 1.54) is 0 Å². The fraction of sp³-hybridized carbons (Fsp3) is 0.667. The third kappa shape index (κ3) is 6.28. The molecule has 0 aliphatic rings. The number of rotatable bonds is 5. The molecule has 9 heavy (non-hydrogen) atoms. The van der Waals surface area contributed by atoms with Crippen molar-refractivity contribution >= 4 is 23.5 Å². The first-order chi connectivity index (χ1) is 4.31. The maximum atomic E-state index is 8.43. The minimum atomic E-state index is 0.271. The van der Waals surface area contributed by atoms with Crippen molar-refractivity contribution in [1.82, 2.24) is 0 Å². The van der Waals surface area contributed by atoms with Crippen LogP contribution in [0.2, 0.25) is 0 Å². The second-order valence-corrected chi connectivity index (χ2v) is 4.52. The van der Waals surface area contributed by atoms with Crippen LogP contribution < -0.4 is 0 Å². The SMILES string of the molecule is C=CSC(C)SCCO. The molecule has 54 valence electrons. The van der Waals surface area contributed by atoms with Crippen LogP contribution in [-0.4, -0.2) is 22.0 Å². The molecule has 0 heterocycles. The van der Waals surface area contributed by atoms with Crippen molar-refractivity contribution in [2.45, 2.75) is 11.5 Å². The zero-order valence-electron chi connectivity index (χ0n) is 5.54. The average Bonchev–Trinajstić information content (AvgIpc) is 1.85. The van der Waals surface area contributed by atoms with Gasteiger partial charge in [0.2, 0.25) is 0 Å². The van der Waals surface area contributed by atoms with Crippen molar-refractivity contribution in [2.24, 2.45) is 0 Å². The minimum absolute atomic E-state index is 0.271. The number of thioether (sulfide) groups is 2. The van der Waals surface area contributed by atoms with Gasteiger partial charge in [-0.3, -0.25) is 0 Å². The Morgan fingerprint density at radius 2 is 2.44 bits per heavy atom. The Hall–Kier alpha value is 0.400. The van der Waals surface area contributed by atoms with Crippen molar-refractivity contribution in [2.75, 3.05) is 12.4 Å². The van der Waals surface area contributed by atoms with E-state index >= 15 is 0 Å². The molecule has 1 atom stereocenters. The molecule has 0 saturated heterocycles. The standard InChI is InChI=1S/C6H12OS2/c1-3-8-6(2)9-5-4-7/h3,6-7H,1,4-5H2,2H3. The van der Waals surface area contributed by atoms with E-state index in [1.807, 2.05) is 5.41 Å². The van der Waals surface area contributed by atoms with Gasteiger partial charge >= 0.3 is 0 Å². The molecular weight excluding hydrogens is 152 g/mol. The maximum Gasteiger partial charge on any atom is 0.0522 e. The van der Waals surface area contributed by atoms with Gasteiger partial charge in [0, 0.05) is 5.75 Å². The molecule has 0 spiro atoms. The monoisotopic (exact) mass is 164 g/mol. The zero-order chi connectivity index (χ0) is 7.11. The molecule has 3 heteroatoms. The van der Waals surface area contributed by atoms with Gasteiger partial charge in [-0.1, -0.05) is 6.58 Å². The lowest BCUT2D eigenvalue weighted by molar-refractivity contribution is 0.322. The van der Waals surface area contributed by atoms with Crippen LogP contribution in [0.5, 0.6) is 0 Å². The number of hydrogen-bond acceptors (Lipinski definition) is 3. The van der Waals surface area contributed by atoms with Gasteiger partial charge in [-0.05, 0) is 12.3 Å². The Bertz CT molecular complexity index is 75.5. The largest absolute Gasteiger partial charge is 0.396 e. The summed E-state index contributed by atoms with van der Waals surface area (Å²) >= 11 is 3.43. The second kappa shape index (κ2) is 6.52. The van der Waals surface area contributed by atoms with Gasteiger partial charge in [0.25, 0.3) is 0 Å². The van der Waals surface area contributed by atoms with Crippen LogP contribution in [0.4, 0.5) is 0 Å².